The first-order valence-corrected chi connectivity index (χ1v) is 7.79. The molecule has 0 aromatic rings. The second-order valence-corrected chi connectivity index (χ2v) is 6.26. The fraction of sp³-hybridized carbons (Fsp3) is 0.800. The van der Waals surface area contributed by atoms with Crippen molar-refractivity contribution in [3.05, 3.63) is 0 Å². The van der Waals surface area contributed by atoms with Gasteiger partial charge in [-0.2, -0.15) is 0 Å². The van der Waals surface area contributed by atoms with Gasteiger partial charge in [0.15, 0.2) is 12.1 Å². The van der Waals surface area contributed by atoms with Crippen LogP contribution in [-0.2, 0) is 23.9 Å². The Morgan fingerprint density at radius 3 is 2.68 bits per heavy atom. The van der Waals surface area contributed by atoms with Crippen molar-refractivity contribution in [3.63, 3.8) is 0 Å². The van der Waals surface area contributed by atoms with E-state index in [0.29, 0.717) is 45.6 Å². The number of rotatable bonds is 4. The number of hydrogen-bond donors (Lipinski definition) is 1. The van der Waals surface area contributed by atoms with Crippen LogP contribution in [0.3, 0.4) is 0 Å². The molecule has 3 aliphatic heterocycles. The van der Waals surface area contributed by atoms with Gasteiger partial charge in [-0.05, 0) is 19.3 Å². The number of aliphatic carboxylic acids is 1. The van der Waals surface area contributed by atoms with Crippen LogP contribution in [0.4, 0.5) is 0 Å². The SMILES string of the molecule is O=C1CCN2CCC(CCC3OCCO3)(C(=O)O)C(=O)C2C1. The number of nitrogens with zero attached hydrogens (tertiary/aromatic N) is 1. The van der Waals surface area contributed by atoms with E-state index in [2.05, 4.69) is 0 Å². The molecule has 0 bridgehead atoms. The monoisotopic (exact) mass is 311 g/mol. The molecule has 7 nitrogen and oxygen atoms in total. The summed E-state index contributed by atoms with van der Waals surface area (Å²) in [6.45, 7) is 2.11. The molecular weight excluding hydrogens is 290 g/mol. The molecule has 0 aliphatic carbocycles. The predicted molar refractivity (Wildman–Crippen MR) is 74.2 cm³/mol. The van der Waals surface area contributed by atoms with Crippen LogP contribution < -0.4 is 0 Å². The minimum Gasteiger partial charge on any atom is -0.480 e. The Morgan fingerprint density at radius 1 is 1.27 bits per heavy atom. The summed E-state index contributed by atoms with van der Waals surface area (Å²) in [4.78, 5) is 38.3. The predicted octanol–water partition coefficient (Wildman–Crippen LogP) is 0.217. The summed E-state index contributed by atoms with van der Waals surface area (Å²) in [7, 11) is 0. The summed E-state index contributed by atoms with van der Waals surface area (Å²) in [5.74, 6) is -1.37. The Labute approximate surface area is 128 Å². The van der Waals surface area contributed by atoms with Crippen molar-refractivity contribution in [2.45, 2.75) is 44.4 Å². The van der Waals surface area contributed by atoms with Crippen LogP contribution in [0.5, 0.6) is 0 Å². The van der Waals surface area contributed by atoms with Gasteiger partial charge >= 0.3 is 5.97 Å². The Bertz CT molecular complexity index is 486. The molecule has 0 aromatic heterocycles. The molecule has 3 heterocycles. The molecule has 2 atom stereocenters. The number of carboxylic acid groups (broad SMARTS) is 1. The fourth-order valence-electron chi connectivity index (χ4n) is 3.68. The van der Waals surface area contributed by atoms with Gasteiger partial charge in [0.1, 0.15) is 11.2 Å². The first-order valence-electron chi connectivity index (χ1n) is 7.79. The molecular formula is C15H21NO6. The average Bonchev–Trinajstić information content (AvgIpc) is 3.00. The Balaban J connectivity index is 1.75. The van der Waals surface area contributed by atoms with E-state index in [1.165, 1.54) is 0 Å². The van der Waals surface area contributed by atoms with E-state index in [4.69, 9.17) is 9.47 Å². The van der Waals surface area contributed by atoms with Crippen LogP contribution in [0.15, 0.2) is 0 Å². The minimum atomic E-state index is -1.41. The minimum absolute atomic E-state index is 0.0400. The highest BCUT2D eigenvalue weighted by molar-refractivity contribution is 6.07. The van der Waals surface area contributed by atoms with Crippen molar-refractivity contribution < 1.29 is 29.0 Å². The number of carboxylic acids is 1. The number of carbonyl (C=O) groups excluding carboxylic acids is 2. The molecule has 0 spiro atoms. The zero-order valence-corrected chi connectivity index (χ0v) is 12.5. The van der Waals surface area contributed by atoms with Gasteiger partial charge in [0.05, 0.1) is 19.3 Å². The van der Waals surface area contributed by atoms with E-state index in [0.717, 1.165) is 0 Å². The normalized spacial score (nSPS) is 33.9. The van der Waals surface area contributed by atoms with Crippen LogP contribution >= 0.6 is 0 Å². The van der Waals surface area contributed by atoms with E-state index in [1.807, 2.05) is 4.90 Å². The van der Waals surface area contributed by atoms with E-state index in [-0.39, 0.29) is 24.4 Å². The number of carbonyl (C=O) groups is 3. The first-order chi connectivity index (χ1) is 10.5. The number of hydrogen-bond acceptors (Lipinski definition) is 6. The maximum Gasteiger partial charge on any atom is 0.317 e. The lowest BCUT2D eigenvalue weighted by atomic mass is 9.69. The second kappa shape index (κ2) is 6.06. The van der Waals surface area contributed by atoms with E-state index in [1.54, 1.807) is 0 Å². The van der Waals surface area contributed by atoms with Gasteiger partial charge < -0.3 is 14.6 Å². The molecule has 3 fully saturated rings. The van der Waals surface area contributed by atoms with Crippen LogP contribution in [0.25, 0.3) is 0 Å². The number of ketones is 2. The molecule has 122 valence electrons. The van der Waals surface area contributed by atoms with E-state index < -0.39 is 23.7 Å². The topological polar surface area (TPSA) is 93.1 Å². The molecule has 3 aliphatic rings. The molecule has 2 unspecified atom stereocenters. The first kappa shape index (κ1) is 15.6. The second-order valence-electron chi connectivity index (χ2n) is 6.26. The highest BCUT2D eigenvalue weighted by atomic mass is 16.7. The third kappa shape index (κ3) is 2.68. The lowest BCUT2D eigenvalue weighted by Crippen LogP contribution is -2.60. The zero-order chi connectivity index (χ0) is 15.7. The molecule has 3 rings (SSSR count). The third-order valence-corrected chi connectivity index (χ3v) is 5.05. The highest BCUT2D eigenvalue weighted by Gasteiger charge is 2.54. The number of fused-ring (bicyclic) bond motifs is 1. The number of piperidine rings is 2. The number of Topliss-reactive ketones (excluding diaryl/α,β-unsaturated/α-hetero) is 2. The van der Waals surface area contributed by atoms with Crippen molar-refractivity contribution in [1.29, 1.82) is 0 Å². The third-order valence-electron chi connectivity index (χ3n) is 5.05. The molecule has 0 aromatic carbocycles. The molecule has 0 saturated carbocycles. The van der Waals surface area contributed by atoms with Gasteiger partial charge in [-0.15, -0.1) is 0 Å². The average molecular weight is 311 g/mol. The van der Waals surface area contributed by atoms with Gasteiger partial charge in [-0.1, -0.05) is 0 Å². The summed E-state index contributed by atoms with van der Waals surface area (Å²) >= 11 is 0. The van der Waals surface area contributed by atoms with Gasteiger partial charge in [-0.25, -0.2) is 0 Å². The summed E-state index contributed by atoms with van der Waals surface area (Å²) in [5, 5.41) is 9.68. The summed E-state index contributed by atoms with van der Waals surface area (Å²) < 4.78 is 10.7. The van der Waals surface area contributed by atoms with E-state index >= 15 is 0 Å². The standard InChI is InChI=1S/C15H21NO6/c17-10-2-5-16-6-4-15(14(19)20,13(18)11(16)9-10)3-1-12-21-7-8-22-12/h11-12H,1-9H2,(H,19,20). The lowest BCUT2D eigenvalue weighted by molar-refractivity contribution is -0.165. The lowest BCUT2D eigenvalue weighted by Gasteiger charge is -2.45. The van der Waals surface area contributed by atoms with Crippen LogP contribution in [0.1, 0.15) is 32.1 Å². The quantitative estimate of drug-likeness (QED) is 0.742. The number of ether oxygens (including phenoxy) is 2. The van der Waals surface area contributed by atoms with Gasteiger partial charge in [0.2, 0.25) is 0 Å². The molecule has 3 saturated heterocycles. The van der Waals surface area contributed by atoms with Crippen molar-refractivity contribution in [3.8, 4) is 0 Å². The van der Waals surface area contributed by atoms with Gasteiger partial charge in [0, 0.05) is 25.9 Å². The Kier molecular flexibility index (Phi) is 4.29. The molecule has 1 N–H and O–H groups in total. The van der Waals surface area contributed by atoms with Crippen molar-refractivity contribution in [2.24, 2.45) is 5.41 Å². The van der Waals surface area contributed by atoms with Crippen molar-refractivity contribution in [1.82, 2.24) is 4.90 Å². The maximum absolute atomic E-state index is 12.8. The molecule has 7 heteroatoms. The van der Waals surface area contributed by atoms with Gasteiger partial charge in [-0.3, -0.25) is 19.3 Å². The Hall–Kier alpha value is -1.31. The summed E-state index contributed by atoms with van der Waals surface area (Å²) in [5.41, 5.74) is -1.41. The van der Waals surface area contributed by atoms with Crippen LogP contribution in [0.2, 0.25) is 0 Å². The maximum atomic E-state index is 12.8. The Morgan fingerprint density at radius 2 is 2.00 bits per heavy atom. The summed E-state index contributed by atoms with van der Waals surface area (Å²) in [6, 6.07) is -0.573. The molecule has 0 amide bonds. The van der Waals surface area contributed by atoms with Gasteiger partial charge in [0.25, 0.3) is 0 Å². The molecule has 0 radical (unpaired) electrons. The largest absolute Gasteiger partial charge is 0.480 e. The van der Waals surface area contributed by atoms with Crippen LogP contribution in [-0.4, -0.2) is 66.2 Å². The smallest absolute Gasteiger partial charge is 0.317 e. The zero-order valence-electron chi connectivity index (χ0n) is 12.5. The van der Waals surface area contributed by atoms with Crippen molar-refractivity contribution >= 4 is 17.5 Å². The van der Waals surface area contributed by atoms with E-state index in [9.17, 15) is 19.5 Å². The van der Waals surface area contributed by atoms with Crippen LogP contribution in [0, 0.1) is 5.41 Å². The molecule has 22 heavy (non-hydrogen) atoms. The fourth-order valence-corrected chi connectivity index (χ4v) is 3.68. The highest BCUT2D eigenvalue weighted by Crippen LogP contribution is 2.39. The summed E-state index contributed by atoms with van der Waals surface area (Å²) in [6.07, 6.45) is 1.05. The van der Waals surface area contributed by atoms with Crippen molar-refractivity contribution in [2.75, 3.05) is 26.3 Å².